The normalized spacial score (nSPS) is 24.5. The van der Waals surface area contributed by atoms with Gasteiger partial charge in [0.25, 0.3) is 0 Å². The number of rotatable bonds is 3. The molecule has 3 N–H and O–H groups in total. The van der Waals surface area contributed by atoms with Gasteiger partial charge in [-0.15, -0.1) is 0 Å². The summed E-state index contributed by atoms with van der Waals surface area (Å²) in [6.45, 7) is 7.14. The van der Waals surface area contributed by atoms with E-state index in [9.17, 15) is 0 Å². The Bertz CT molecular complexity index is 413. The second kappa shape index (κ2) is 5.18. The van der Waals surface area contributed by atoms with Gasteiger partial charge < -0.3 is 15.8 Å². The second-order valence-corrected chi connectivity index (χ2v) is 5.47. The fourth-order valence-electron chi connectivity index (χ4n) is 2.48. The number of ether oxygens (including phenoxy) is 1. The number of aromatic nitrogens is 2. The van der Waals surface area contributed by atoms with Crippen LogP contribution in [0.3, 0.4) is 0 Å². The van der Waals surface area contributed by atoms with Gasteiger partial charge in [-0.3, -0.25) is 4.68 Å². The Morgan fingerprint density at radius 1 is 1.50 bits per heavy atom. The molecule has 5 heteroatoms. The zero-order valence-corrected chi connectivity index (χ0v) is 11.7. The number of nitrogens with two attached hydrogens (primary N) is 1. The molecule has 1 aliphatic heterocycles. The van der Waals surface area contributed by atoms with Gasteiger partial charge in [-0.05, 0) is 25.7 Å². The molecule has 2 unspecified atom stereocenters. The van der Waals surface area contributed by atoms with Gasteiger partial charge in [-0.1, -0.05) is 13.8 Å². The van der Waals surface area contributed by atoms with Gasteiger partial charge in [-0.2, -0.15) is 5.10 Å². The van der Waals surface area contributed by atoms with Crippen LogP contribution in [0.15, 0.2) is 0 Å². The van der Waals surface area contributed by atoms with Gasteiger partial charge in [0.2, 0.25) is 0 Å². The maximum atomic E-state index is 6.18. The van der Waals surface area contributed by atoms with Crippen molar-refractivity contribution in [3.05, 3.63) is 5.69 Å². The molecule has 0 bridgehead atoms. The first kappa shape index (κ1) is 13.2. The molecule has 1 aromatic heterocycles. The summed E-state index contributed by atoms with van der Waals surface area (Å²) in [6, 6.07) is 0.423. The fraction of sp³-hybridized carbons (Fsp3) is 0.769. The standard InChI is InChI=1S/C13H24N4O/c1-8(2)12-11(14)13(17(4)16-12)15-10-5-6-18-9(3)7-10/h8-10,15H,5-7,14H2,1-4H3. The molecule has 1 saturated heterocycles. The molecule has 0 radical (unpaired) electrons. The Balaban J connectivity index is 2.13. The molecule has 2 rings (SSSR count). The minimum absolute atomic E-state index is 0.315. The largest absolute Gasteiger partial charge is 0.394 e. The lowest BCUT2D eigenvalue weighted by molar-refractivity contribution is 0.0231. The van der Waals surface area contributed by atoms with Crippen LogP contribution in [0.5, 0.6) is 0 Å². The molecule has 0 aromatic carbocycles. The van der Waals surface area contributed by atoms with E-state index in [2.05, 4.69) is 31.2 Å². The maximum Gasteiger partial charge on any atom is 0.148 e. The molecule has 5 nitrogen and oxygen atoms in total. The van der Waals surface area contributed by atoms with E-state index in [0.717, 1.165) is 36.6 Å². The number of anilines is 2. The number of hydrogen-bond donors (Lipinski definition) is 2. The average molecular weight is 252 g/mol. The van der Waals surface area contributed by atoms with E-state index in [4.69, 9.17) is 10.5 Å². The molecule has 102 valence electrons. The van der Waals surface area contributed by atoms with E-state index in [1.54, 1.807) is 0 Å². The van der Waals surface area contributed by atoms with Crippen molar-refractivity contribution in [3.63, 3.8) is 0 Å². The van der Waals surface area contributed by atoms with Crippen molar-refractivity contribution >= 4 is 11.5 Å². The second-order valence-electron chi connectivity index (χ2n) is 5.47. The summed E-state index contributed by atoms with van der Waals surface area (Å²) in [4.78, 5) is 0. The molecule has 2 atom stereocenters. The Labute approximate surface area is 109 Å². The van der Waals surface area contributed by atoms with Crippen LogP contribution in [-0.4, -0.2) is 28.5 Å². The summed E-state index contributed by atoms with van der Waals surface area (Å²) in [5.41, 5.74) is 7.94. The van der Waals surface area contributed by atoms with Gasteiger partial charge in [-0.25, -0.2) is 0 Å². The summed E-state index contributed by atoms with van der Waals surface area (Å²) in [5.74, 6) is 1.29. The Hall–Kier alpha value is -1.23. The molecule has 1 fully saturated rings. The Kier molecular flexibility index (Phi) is 3.80. The molecule has 0 spiro atoms. The van der Waals surface area contributed by atoms with Crippen LogP contribution in [0.4, 0.5) is 11.5 Å². The van der Waals surface area contributed by atoms with E-state index >= 15 is 0 Å². The van der Waals surface area contributed by atoms with Crippen LogP contribution in [0.2, 0.25) is 0 Å². The molecule has 0 amide bonds. The SMILES string of the molecule is CC1CC(Nc2c(N)c(C(C)C)nn2C)CCO1. The first-order valence-electron chi connectivity index (χ1n) is 6.69. The molecular formula is C13H24N4O. The van der Waals surface area contributed by atoms with Crippen molar-refractivity contribution in [3.8, 4) is 0 Å². The fourth-order valence-corrected chi connectivity index (χ4v) is 2.48. The van der Waals surface area contributed by atoms with Crippen molar-refractivity contribution in [1.82, 2.24) is 9.78 Å². The molecular weight excluding hydrogens is 228 g/mol. The highest BCUT2D eigenvalue weighted by Gasteiger charge is 2.23. The lowest BCUT2D eigenvalue weighted by atomic mass is 10.0. The van der Waals surface area contributed by atoms with Gasteiger partial charge >= 0.3 is 0 Å². The highest BCUT2D eigenvalue weighted by Crippen LogP contribution is 2.29. The van der Waals surface area contributed by atoms with E-state index in [0.29, 0.717) is 18.1 Å². The number of nitrogen functional groups attached to an aromatic ring is 1. The third-order valence-electron chi connectivity index (χ3n) is 3.49. The average Bonchev–Trinajstić information content (AvgIpc) is 2.57. The third kappa shape index (κ3) is 2.61. The maximum absolute atomic E-state index is 6.18. The summed E-state index contributed by atoms with van der Waals surface area (Å²) in [5, 5.41) is 8.01. The van der Waals surface area contributed by atoms with Crippen molar-refractivity contribution in [2.24, 2.45) is 7.05 Å². The molecule has 18 heavy (non-hydrogen) atoms. The number of aryl methyl sites for hydroxylation is 1. The summed E-state index contributed by atoms with van der Waals surface area (Å²) in [6.07, 6.45) is 2.35. The van der Waals surface area contributed by atoms with E-state index < -0.39 is 0 Å². The molecule has 0 aliphatic carbocycles. The minimum atomic E-state index is 0.315. The van der Waals surface area contributed by atoms with Crippen LogP contribution in [-0.2, 0) is 11.8 Å². The number of nitrogens with zero attached hydrogens (tertiary/aromatic N) is 2. The van der Waals surface area contributed by atoms with E-state index in [-0.39, 0.29) is 0 Å². The van der Waals surface area contributed by atoms with Crippen LogP contribution < -0.4 is 11.1 Å². The van der Waals surface area contributed by atoms with Crippen LogP contribution in [0.25, 0.3) is 0 Å². The van der Waals surface area contributed by atoms with Gasteiger partial charge in [0.1, 0.15) is 5.82 Å². The summed E-state index contributed by atoms with van der Waals surface area (Å²) < 4.78 is 7.41. The quantitative estimate of drug-likeness (QED) is 0.864. The van der Waals surface area contributed by atoms with E-state index in [1.165, 1.54) is 0 Å². The Morgan fingerprint density at radius 3 is 2.78 bits per heavy atom. The van der Waals surface area contributed by atoms with Crippen LogP contribution in [0, 0.1) is 0 Å². The molecule has 2 heterocycles. The highest BCUT2D eigenvalue weighted by atomic mass is 16.5. The molecule has 1 aromatic rings. The lowest BCUT2D eigenvalue weighted by Gasteiger charge is -2.28. The number of hydrogen-bond acceptors (Lipinski definition) is 4. The predicted octanol–water partition coefficient (Wildman–Crippen LogP) is 2.11. The predicted molar refractivity (Wildman–Crippen MR) is 73.8 cm³/mol. The zero-order chi connectivity index (χ0) is 13.3. The smallest absolute Gasteiger partial charge is 0.148 e. The van der Waals surface area contributed by atoms with Crippen LogP contribution in [0.1, 0.15) is 45.2 Å². The van der Waals surface area contributed by atoms with Crippen molar-refractivity contribution < 1.29 is 4.74 Å². The lowest BCUT2D eigenvalue weighted by Crippen LogP contribution is -2.33. The van der Waals surface area contributed by atoms with Gasteiger partial charge in [0.05, 0.1) is 17.5 Å². The zero-order valence-electron chi connectivity index (χ0n) is 11.7. The first-order chi connectivity index (χ1) is 8.49. The summed E-state index contributed by atoms with van der Waals surface area (Å²) in [7, 11) is 1.94. The third-order valence-corrected chi connectivity index (χ3v) is 3.49. The molecule has 1 aliphatic rings. The monoisotopic (exact) mass is 252 g/mol. The minimum Gasteiger partial charge on any atom is -0.394 e. The van der Waals surface area contributed by atoms with Crippen molar-refractivity contribution in [1.29, 1.82) is 0 Å². The van der Waals surface area contributed by atoms with Gasteiger partial charge in [0, 0.05) is 19.7 Å². The van der Waals surface area contributed by atoms with Gasteiger partial charge in [0.15, 0.2) is 0 Å². The Morgan fingerprint density at radius 2 is 2.22 bits per heavy atom. The highest BCUT2D eigenvalue weighted by molar-refractivity contribution is 5.66. The number of nitrogens with one attached hydrogen (secondary N) is 1. The first-order valence-corrected chi connectivity index (χ1v) is 6.69. The van der Waals surface area contributed by atoms with E-state index in [1.807, 2.05) is 11.7 Å². The van der Waals surface area contributed by atoms with Crippen LogP contribution >= 0.6 is 0 Å². The van der Waals surface area contributed by atoms with Crippen molar-refractivity contribution in [2.45, 2.75) is 51.7 Å². The van der Waals surface area contributed by atoms with Crippen molar-refractivity contribution in [2.75, 3.05) is 17.7 Å². The summed E-state index contributed by atoms with van der Waals surface area (Å²) >= 11 is 0. The topological polar surface area (TPSA) is 65.1 Å². The molecule has 0 saturated carbocycles.